The van der Waals surface area contributed by atoms with Gasteiger partial charge in [-0.3, -0.25) is 5.32 Å². The minimum Gasteiger partial charge on any atom is -0.351 e. The number of carbonyl (C=O) groups is 1. The first-order valence-corrected chi connectivity index (χ1v) is 3.24. The largest absolute Gasteiger partial charge is 0.351 e. The molecule has 5 heteroatoms. The maximum atomic E-state index is 10.3. The molecule has 0 saturated heterocycles. The molecular formula is C6H9N3O2. The van der Waals surface area contributed by atoms with Crippen molar-refractivity contribution in [3.63, 3.8) is 0 Å². The smallest absolute Gasteiger partial charge is 0.319 e. The number of amides is 2. The van der Waals surface area contributed by atoms with Crippen molar-refractivity contribution in [2.24, 2.45) is 5.73 Å². The van der Waals surface area contributed by atoms with E-state index in [1.54, 1.807) is 6.07 Å². The topological polar surface area (TPSA) is 81.1 Å². The number of hydrogen-bond donors (Lipinski definition) is 2. The van der Waals surface area contributed by atoms with E-state index in [4.69, 9.17) is 10.3 Å². The van der Waals surface area contributed by atoms with Gasteiger partial charge in [-0.2, -0.15) is 0 Å². The highest BCUT2D eigenvalue weighted by molar-refractivity contribution is 5.86. The van der Waals surface area contributed by atoms with Gasteiger partial charge in [0.15, 0.2) is 0 Å². The highest BCUT2D eigenvalue weighted by Gasteiger charge is 2.02. The van der Waals surface area contributed by atoms with Gasteiger partial charge >= 0.3 is 6.03 Å². The van der Waals surface area contributed by atoms with Crippen LogP contribution in [0, 0.1) is 0 Å². The van der Waals surface area contributed by atoms with Gasteiger partial charge in [0.05, 0.1) is 5.69 Å². The Kier molecular flexibility index (Phi) is 2.10. The van der Waals surface area contributed by atoms with Gasteiger partial charge < -0.3 is 10.3 Å². The molecule has 2 amide bonds. The van der Waals surface area contributed by atoms with Crippen LogP contribution in [0.25, 0.3) is 0 Å². The molecule has 0 aliphatic carbocycles. The van der Waals surface area contributed by atoms with Crippen molar-refractivity contribution in [2.75, 3.05) is 5.32 Å². The number of rotatable bonds is 2. The molecular weight excluding hydrogens is 146 g/mol. The van der Waals surface area contributed by atoms with E-state index in [0.717, 1.165) is 12.1 Å². The van der Waals surface area contributed by atoms with Crippen LogP contribution in [-0.2, 0) is 6.42 Å². The SMILES string of the molecule is CCc1cc(NC(N)=O)on1. The van der Waals surface area contributed by atoms with Gasteiger partial charge in [0, 0.05) is 6.07 Å². The predicted molar refractivity (Wildman–Crippen MR) is 39.1 cm³/mol. The second kappa shape index (κ2) is 3.05. The highest BCUT2D eigenvalue weighted by Crippen LogP contribution is 2.08. The lowest BCUT2D eigenvalue weighted by Gasteiger charge is -1.90. The third-order valence-corrected chi connectivity index (χ3v) is 1.17. The molecule has 0 radical (unpaired) electrons. The number of primary amides is 1. The summed E-state index contributed by atoms with van der Waals surface area (Å²) in [5, 5.41) is 5.91. The van der Waals surface area contributed by atoms with Crippen LogP contribution >= 0.6 is 0 Å². The summed E-state index contributed by atoms with van der Waals surface area (Å²) in [6, 6.07) is 0.980. The molecule has 1 rings (SSSR count). The molecule has 0 unspecified atom stereocenters. The summed E-state index contributed by atoms with van der Waals surface area (Å²) in [5.41, 5.74) is 5.62. The molecule has 0 aliphatic rings. The number of urea groups is 1. The molecule has 0 aliphatic heterocycles. The van der Waals surface area contributed by atoms with Gasteiger partial charge in [-0.15, -0.1) is 0 Å². The first-order chi connectivity index (χ1) is 5.22. The first-order valence-electron chi connectivity index (χ1n) is 3.24. The predicted octanol–water partition coefficient (Wildman–Crippen LogP) is 0.728. The number of aromatic nitrogens is 1. The van der Waals surface area contributed by atoms with Crippen LogP contribution in [0.2, 0.25) is 0 Å². The fourth-order valence-corrected chi connectivity index (χ4v) is 0.659. The lowest BCUT2D eigenvalue weighted by atomic mass is 10.3. The number of aryl methyl sites for hydroxylation is 1. The molecule has 1 heterocycles. The second-order valence-electron chi connectivity index (χ2n) is 2.03. The molecule has 0 spiro atoms. The van der Waals surface area contributed by atoms with Crippen molar-refractivity contribution in [3.8, 4) is 0 Å². The molecule has 60 valence electrons. The Labute approximate surface area is 63.5 Å². The van der Waals surface area contributed by atoms with Crippen LogP contribution in [0.4, 0.5) is 10.7 Å². The van der Waals surface area contributed by atoms with Crippen LogP contribution in [0.1, 0.15) is 12.6 Å². The van der Waals surface area contributed by atoms with Gasteiger partial charge in [-0.05, 0) is 6.42 Å². The average molecular weight is 155 g/mol. The maximum Gasteiger partial charge on any atom is 0.319 e. The molecule has 0 fully saturated rings. The summed E-state index contributed by atoms with van der Waals surface area (Å²) in [4.78, 5) is 10.3. The van der Waals surface area contributed by atoms with Gasteiger partial charge in [0.1, 0.15) is 0 Å². The van der Waals surface area contributed by atoms with E-state index in [1.807, 2.05) is 6.92 Å². The Morgan fingerprint density at radius 3 is 3.09 bits per heavy atom. The van der Waals surface area contributed by atoms with Gasteiger partial charge in [-0.1, -0.05) is 12.1 Å². The fourth-order valence-electron chi connectivity index (χ4n) is 0.659. The second-order valence-corrected chi connectivity index (χ2v) is 2.03. The minimum absolute atomic E-state index is 0.286. The van der Waals surface area contributed by atoms with Crippen LogP contribution < -0.4 is 11.1 Å². The monoisotopic (exact) mass is 155 g/mol. The van der Waals surface area contributed by atoms with Gasteiger partial charge in [0.2, 0.25) is 5.88 Å². The molecule has 11 heavy (non-hydrogen) atoms. The van der Waals surface area contributed by atoms with E-state index < -0.39 is 6.03 Å². The van der Waals surface area contributed by atoms with Crippen molar-refractivity contribution < 1.29 is 9.32 Å². The first kappa shape index (κ1) is 7.59. The van der Waals surface area contributed by atoms with Crippen molar-refractivity contribution in [1.82, 2.24) is 5.16 Å². The number of nitrogens with zero attached hydrogens (tertiary/aromatic N) is 1. The van der Waals surface area contributed by atoms with Gasteiger partial charge in [0.25, 0.3) is 0 Å². The third-order valence-electron chi connectivity index (χ3n) is 1.17. The zero-order valence-corrected chi connectivity index (χ0v) is 6.13. The molecule has 0 bridgehead atoms. The average Bonchev–Trinajstić information content (AvgIpc) is 2.34. The molecule has 1 aromatic heterocycles. The fraction of sp³-hybridized carbons (Fsp3) is 0.333. The van der Waals surface area contributed by atoms with E-state index in [2.05, 4.69) is 10.5 Å². The quantitative estimate of drug-likeness (QED) is 0.660. The maximum absolute atomic E-state index is 10.3. The molecule has 0 aromatic carbocycles. The Bertz CT molecular complexity index is 256. The Morgan fingerprint density at radius 2 is 2.64 bits per heavy atom. The molecule has 0 saturated carbocycles. The summed E-state index contributed by atoms with van der Waals surface area (Å²) in [5.74, 6) is 0.286. The standard InChI is InChI=1S/C6H9N3O2/c1-2-4-3-5(11-9-4)8-6(7)10/h3H,2H2,1H3,(H3,7,8,10). The number of anilines is 1. The summed E-state index contributed by atoms with van der Waals surface area (Å²) >= 11 is 0. The van der Waals surface area contributed by atoms with Crippen LogP contribution in [0.3, 0.4) is 0 Å². The van der Waals surface area contributed by atoms with E-state index in [-0.39, 0.29) is 5.88 Å². The van der Waals surface area contributed by atoms with E-state index in [9.17, 15) is 4.79 Å². The summed E-state index contributed by atoms with van der Waals surface area (Å²) in [7, 11) is 0. The minimum atomic E-state index is -0.649. The molecule has 5 nitrogen and oxygen atoms in total. The molecule has 0 atom stereocenters. The Morgan fingerprint density at radius 1 is 1.91 bits per heavy atom. The van der Waals surface area contributed by atoms with Crippen molar-refractivity contribution >= 4 is 11.9 Å². The van der Waals surface area contributed by atoms with Gasteiger partial charge in [-0.25, -0.2) is 4.79 Å². The summed E-state index contributed by atoms with van der Waals surface area (Å²) in [6.07, 6.45) is 0.768. The summed E-state index contributed by atoms with van der Waals surface area (Å²) < 4.78 is 4.70. The van der Waals surface area contributed by atoms with Crippen LogP contribution in [0.5, 0.6) is 0 Å². The number of carbonyl (C=O) groups excluding carboxylic acids is 1. The molecule has 1 aromatic rings. The Hall–Kier alpha value is -1.52. The normalized spacial score (nSPS) is 9.55. The van der Waals surface area contributed by atoms with E-state index in [0.29, 0.717) is 0 Å². The highest BCUT2D eigenvalue weighted by atomic mass is 16.5. The van der Waals surface area contributed by atoms with Crippen LogP contribution in [-0.4, -0.2) is 11.2 Å². The summed E-state index contributed by atoms with van der Waals surface area (Å²) in [6.45, 7) is 1.94. The zero-order chi connectivity index (χ0) is 8.27. The van der Waals surface area contributed by atoms with E-state index >= 15 is 0 Å². The van der Waals surface area contributed by atoms with Crippen LogP contribution in [0.15, 0.2) is 10.6 Å². The molecule has 3 N–H and O–H groups in total. The van der Waals surface area contributed by atoms with Crippen molar-refractivity contribution in [2.45, 2.75) is 13.3 Å². The number of nitrogens with one attached hydrogen (secondary N) is 1. The van der Waals surface area contributed by atoms with E-state index in [1.165, 1.54) is 0 Å². The lowest BCUT2D eigenvalue weighted by molar-refractivity contribution is 0.258. The number of nitrogens with two attached hydrogens (primary N) is 1. The number of hydrogen-bond acceptors (Lipinski definition) is 3. The zero-order valence-electron chi connectivity index (χ0n) is 6.13. The third kappa shape index (κ3) is 1.96. The van der Waals surface area contributed by atoms with Crippen molar-refractivity contribution in [1.29, 1.82) is 0 Å². The van der Waals surface area contributed by atoms with Crippen molar-refractivity contribution in [3.05, 3.63) is 11.8 Å². The lowest BCUT2D eigenvalue weighted by Crippen LogP contribution is -2.18. The Balaban J connectivity index is 2.65.